The van der Waals surface area contributed by atoms with Gasteiger partial charge in [0.2, 0.25) is 0 Å². The van der Waals surface area contributed by atoms with Crippen LogP contribution in [-0.2, 0) is 0 Å². The number of rotatable bonds is 5. The summed E-state index contributed by atoms with van der Waals surface area (Å²) in [5.74, 6) is 3.68. The molecule has 0 aromatic carbocycles. The smallest absolute Gasteiger partial charge is 0.0238 e. The Morgan fingerprint density at radius 1 is 1.38 bits per heavy atom. The zero-order valence-electron chi connectivity index (χ0n) is 8.84. The Balaban J connectivity index is 2.09. The third-order valence-electron chi connectivity index (χ3n) is 2.90. The summed E-state index contributed by atoms with van der Waals surface area (Å²) in [6.45, 7) is 4.43. The molecule has 0 amide bonds. The molecule has 0 aromatic rings. The second-order valence-electron chi connectivity index (χ2n) is 4.41. The van der Waals surface area contributed by atoms with Crippen molar-refractivity contribution in [2.24, 2.45) is 5.92 Å². The fourth-order valence-corrected chi connectivity index (χ4v) is 2.02. The average molecular weight is 179 g/mol. The molecule has 0 saturated heterocycles. The van der Waals surface area contributed by atoms with E-state index in [1.54, 1.807) is 0 Å². The van der Waals surface area contributed by atoms with E-state index in [9.17, 15) is 0 Å². The first-order valence-electron chi connectivity index (χ1n) is 5.42. The minimum Gasteiger partial charge on any atom is -0.311 e. The third-order valence-corrected chi connectivity index (χ3v) is 2.90. The summed E-state index contributed by atoms with van der Waals surface area (Å²) in [5.41, 5.74) is 0. The predicted molar refractivity (Wildman–Crippen MR) is 57.5 cm³/mol. The minimum atomic E-state index is 0.472. The van der Waals surface area contributed by atoms with Crippen LogP contribution in [0.1, 0.15) is 46.0 Å². The quantitative estimate of drug-likeness (QED) is 0.640. The van der Waals surface area contributed by atoms with Crippen molar-refractivity contribution in [2.75, 3.05) is 0 Å². The molecule has 1 aliphatic rings. The van der Waals surface area contributed by atoms with Crippen molar-refractivity contribution >= 4 is 0 Å². The van der Waals surface area contributed by atoms with E-state index in [1.165, 1.54) is 25.7 Å². The summed E-state index contributed by atoms with van der Waals surface area (Å²) >= 11 is 0. The molecule has 13 heavy (non-hydrogen) atoms. The lowest BCUT2D eigenvalue weighted by atomic mass is 9.81. The maximum atomic E-state index is 5.25. The van der Waals surface area contributed by atoms with Gasteiger partial charge in [0.15, 0.2) is 0 Å². The molecule has 0 radical (unpaired) electrons. The Bertz CT molecular complexity index is 176. The molecule has 1 fully saturated rings. The third kappa shape index (κ3) is 3.83. The maximum absolute atomic E-state index is 5.25. The highest BCUT2D eigenvalue weighted by atomic mass is 14.9. The first-order valence-corrected chi connectivity index (χ1v) is 5.42. The fourth-order valence-electron chi connectivity index (χ4n) is 2.02. The van der Waals surface area contributed by atoms with Gasteiger partial charge in [0.05, 0.1) is 0 Å². The van der Waals surface area contributed by atoms with Crippen LogP contribution < -0.4 is 5.32 Å². The van der Waals surface area contributed by atoms with E-state index in [2.05, 4.69) is 25.1 Å². The maximum Gasteiger partial charge on any atom is 0.0238 e. The average Bonchev–Trinajstić information content (AvgIpc) is 1.97. The fraction of sp³-hybridized carbons (Fsp3) is 0.833. The van der Waals surface area contributed by atoms with Gasteiger partial charge < -0.3 is 5.32 Å². The molecule has 1 heteroatoms. The van der Waals surface area contributed by atoms with Crippen LogP contribution in [0.5, 0.6) is 0 Å². The Hall–Kier alpha value is -0.480. The molecular formula is C12H21N. The van der Waals surface area contributed by atoms with Crippen LogP contribution in [-0.4, -0.2) is 12.1 Å². The summed E-state index contributed by atoms with van der Waals surface area (Å²) in [7, 11) is 0. The van der Waals surface area contributed by atoms with Gasteiger partial charge in [-0.05, 0) is 26.2 Å². The molecule has 1 saturated carbocycles. The van der Waals surface area contributed by atoms with E-state index in [4.69, 9.17) is 6.42 Å². The number of hydrogen-bond acceptors (Lipinski definition) is 1. The highest BCUT2D eigenvalue weighted by Crippen LogP contribution is 2.30. The van der Waals surface area contributed by atoms with Crippen LogP contribution in [0.2, 0.25) is 0 Å². The van der Waals surface area contributed by atoms with Crippen molar-refractivity contribution in [3.63, 3.8) is 0 Å². The Labute approximate surface area is 82.3 Å². The molecule has 0 aromatic heterocycles. The number of nitrogens with one attached hydrogen (secondary N) is 1. The van der Waals surface area contributed by atoms with Gasteiger partial charge in [0.1, 0.15) is 0 Å². The standard InChI is InChI=1S/C12H21N/c1-4-6-10(2)13-11(3)9-12-7-5-8-12/h1,10-13H,5-9H2,2-3H3. The van der Waals surface area contributed by atoms with E-state index < -0.39 is 0 Å². The van der Waals surface area contributed by atoms with Gasteiger partial charge in [-0.25, -0.2) is 0 Å². The Morgan fingerprint density at radius 2 is 2.08 bits per heavy atom. The highest BCUT2D eigenvalue weighted by molar-refractivity contribution is 4.89. The molecule has 1 rings (SSSR count). The van der Waals surface area contributed by atoms with Crippen molar-refractivity contribution in [1.82, 2.24) is 5.32 Å². The van der Waals surface area contributed by atoms with Gasteiger partial charge in [-0.3, -0.25) is 0 Å². The largest absolute Gasteiger partial charge is 0.311 e. The zero-order chi connectivity index (χ0) is 9.68. The lowest BCUT2D eigenvalue weighted by Crippen LogP contribution is -2.36. The van der Waals surface area contributed by atoms with E-state index in [1.807, 2.05) is 0 Å². The van der Waals surface area contributed by atoms with Crippen molar-refractivity contribution in [3.8, 4) is 12.3 Å². The molecule has 1 nitrogen and oxygen atoms in total. The highest BCUT2D eigenvalue weighted by Gasteiger charge is 2.20. The van der Waals surface area contributed by atoms with Crippen LogP contribution in [0.25, 0.3) is 0 Å². The normalized spacial score (nSPS) is 21.6. The SMILES string of the molecule is C#CCC(C)NC(C)CC1CCC1. The van der Waals surface area contributed by atoms with Gasteiger partial charge in [-0.15, -0.1) is 12.3 Å². The van der Waals surface area contributed by atoms with Gasteiger partial charge in [0.25, 0.3) is 0 Å². The van der Waals surface area contributed by atoms with Gasteiger partial charge in [0, 0.05) is 18.5 Å². The predicted octanol–water partition coefficient (Wildman–Crippen LogP) is 2.57. The minimum absolute atomic E-state index is 0.472. The summed E-state index contributed by atoms with van der Waals surface area (Å²) in [6, 6.07) is 1.11. The van der Waals surface area contributed by atoms with Crippen LogP contribution in [0.4, 0.5) is 0 Å². The lowest BCUT2D eigenvalue weighted by molar-refractivity contribution is 0.259. The van der Waals surface area contributed by atoms with Crippen molar-refractivity contribution in [3.05, 3.63) is 0 Å². The van der Waals surface area contributed by atoms with Crippen molar-refractivity contribution in [1.29, 1.82) is 0 Å². The summed E-state index contributed by atoms with van der Waals surface area (Å²) < 4.78 is 0. The number of terminal acetylenes is 1. The monoisotopic (exact) mass is 179 g/mol. The van der Waals surface area contributed by atoms with Crippen molar-refractivity contribution < 1.29 is 0 Å². The summed E-state index contributed by atoms with van der Waals surface area (Å²) in [5, 5.41) is 3.54. The van der Waals surface area contributed by atoms with E-state index in [-0.39, 0.29) is 0 Å². The van der Waals surface area contributed by atoms with Crippen molar-refractivity contribution in [2.45, 2.75) is 58.0 Å². The van der Waals surface area contributed by atoms with Crippen LogP contribution in [0.3, 0.4) is 0 Å². The molecule has 1 aliphatic carbocycles. The van der Waals surface area contributed by atoms with E-state index in [0.717, 1.165) is 12.3 Å². The van der Waals surface area contributed by atoms with Gasteiger partial charge in [-0.1, -0.05) is 19.3 Å². The van der Waals surface area contributed by atoms with Crippen LogP contribution >= 0.6 is 0 Å². The molecule has 74 valence electrons. The molecule has 2 unspecified atom stereocenters. The summed E-state index contributed by atoms with van der Waals surface area (Å²) in [4.78, 5) is 0. The van der Waals surface area contributed by atoms with Crippen LogP contribution in [0.15, 0.2) is 0 Å². The Morgan fingerprint density at radius 3 is 2.54 bits per heavy atom. The second-order valence-corrected chi connectivity index (χ2v) is 4.41. The van der Waals surface area contributed by atoms with E-state index in [0.29, 0.717) is 12.1 Å². The molecule has 0 bridgehead atoms. The first-order chi connectivity index (χ1) is 6.22. The van der Waals surface area contributed by atoms with Gasteiger partial charge in [-0.2, -0.15) is 0 Å². The molecular weight excluding hydrogens is 158 g/mol. The number of hydrogen-bond donors (Lipinski definition) is 1. The topological polar surface area (TPSA) is 12.0 Å². The molecule has 0 aliphatic heterocycles. The first kappa shape index (κ1) is 10.6. The molecule has 0 heterocycles. The van der Waals surface area contributed by atoms with Gasteiger partial charge >= 0.3 is 0 Å². The lowest BCUT2D eigenvalue weighted by Gasteiger charge is -2.29. The molecule has 0 spiro atoms. The zero-order valence-corrected chi connectivity index (χ0v) is 8.84. The summed E-state index contributed by atoms with van der Waals surface area (Å²) in [6.07, 6.45) is 11.7. The Kier molecular flexibility index (Phi) is 4.32. The molecule has 1 N–H and O–H groups in total. The second kappa shape index (κ2) is 5.29. The van der Waals surface area contributed by atoms with E-state index >= 15 is 0 Å². The molecule has 2 atom stereocenters. The van der Waals surface area contributed by atoms with Crippen LogP contribution in [0, 0.1) is 18.3 Å².